The molecule has 0 saturated heterocycles. The molecular formula is C15H17N3O2. The molecule has 1 heterocycles. The van der Waals surface area contributed by atoms with E-state index in [-0.39, 0.29) is 11.6 Å². The van der Waals surface area contributed by atoms with Gasteiger partial charge in [-0.25, -0.2) is 4.79 Å². The number of imidazole rings is 1. The van der Waals surface area contributed by atoms with Gasteiger partial charge in [-0.3, -0.25) is 4.79 Å². The molecule has 0 spiro atoms. The topological polar surface area (TPSA) is 77.8 Å². The molecule has 0 radical (unpaired) electrons. The van der Waals surface area contributed by atoms with Crippen molar-refractivity contribution in [2.24, 2.45) is 5.92 Å². The lowest BCUT2D eigenvalue weighted by Crippen LogP contribution is -2.24. The average molecular weight is 271 g/mol. The Morgan fingerprint density at radius 1 is 1.30 bits per heavy atom. The molecule has 104 valence electrons. The zero-order valence-corrected chi connectivity index (χ0v) is 11.1. The van der Waals surface area contributed by atoms with Gasteiger partial charge in [0.15, 0.2) is 0 Å². The monoisotopic (exact) mass is 271 g/mol. The fourth-order valence-corrected chi connectivity index (χ4v) is 2.57. The van der Waals surface area contributed by atoms with Gasteiger partial charge in [-0.15, -0.1) is 0 Å². The van der Waals surface area contributed by atoms with Gasteiger partial charge in [0.05, 0.1) is 11.0 Å². The summed E-state index contributed by atoms with van der Waals surface area (Å²) in [6.45, 7) is 0.485. The Hall–Kier alpha value is -2.30. The number of hydrogen-bond donors (Lipinski definition) is 3. The Balaban J connectivity index is 1.59. The van der Waals surface area contributed by atoms with E-state index in [1.54, 1.807) is 0 Å². The Bertz CT molecular complexity index is 711. The third kappa shape index (κ3) is 2.82. The van der Waals surface area contributed by atoms with E-state index in [0.717, 1.165) is 29.4 Å². The van der Waals surface area contributed by atoms with E-state index in [1.807, 2.05) is 18.2 Å². The second-order valence-corrected chi connectivity index (χ2v) is 5.21. The Kier molecular flexibility index (Phi) is 3.41. The van der Waals surface area contributed by atoms with Crippen LogP contribution in [0.3, 0.4) is 0 Å². The highest BCUT2D eigenvalue weighted by Crippen LogP contribution is 2.20. The molecule has 20 heavy (non-hydrogen) atoms. The Morgan fingerprint density at radius 3 is 2.95 bits per heavy atom. The van der Waals surface area contributed by atoms with Crippen molar-refractivity contribution >= 4 is 16.9 Å². The van der Waals surface area contributed by atoms with Gasteiger partial charge >= 0.3 is 5.69 Å². The minimum atomic E-state index is -0.214. The fourth-order valence-electron chi connectivity index (χ4n) is 2.57. The van der Waals surface area contributed by atoms with Gasteiger partial charge < -0.3 is 15.3 Å². The zero-order chi connectivity index (χ0) is 13.9. The number of aromatic nitrogens is 2. The molecule has 1 aromatic heterocycles. The quantitative estimate of drug-likeness (QED) is 0.742. The van der Waals surface area contributed by atoms with Crippen molar-refractivity contribution in [3.8, 4) is 0 Å². The SMILES string of the molecule is O=C(C[C@H]1C=CCC1)NCc1ccc2[nH]c(=O)[nH]c2c1. The van der Waals surface area contributed by atoms with Crippen molar-refractivity contribution in [2.75, 3.05) is 0 Å². The summed E-state index contributed by atoms with van der Waals surface area (Å²) in [5.74, 6) is 0.461. The first-order valence-electron chi connectivity index (χ1n) is 6.85. The molecule has 0 bridgehead atoms. The summed E-state index contributed by atoms with van der Waals surface area (Å²) in [4.78, 5) is 28.4. The van der Waals surface area contributed by atoms with E-state index in [2.05, 4.69) is 27.4 Å². The van der Waals surface area contributed by atoms with Gasteiger partial charge in [0.2, 0.25) is 5.91 Å². The van der Waals surface area contributed by atoms with E-state index >= 15 is 0 Å². The van der Waals surface area contributed by atoms with Crippen LogP contribution in [0.5, 0.6) is 0 Å². The van der Waals surface area contributed by atoms with Crippen LogP contribution in [0.4, 0.5) is 0 Å². The minimum Gasteiger partial charge on any atom is -0.352 e. The number of allylic oxidation sites excluding steroid dienone is 2. The van der Waals surface area contributed by atoms with Crippen LogP contribution >= 0.6 is 0 Å². The first kappa shape index (κ1) is 12.7. The number of carbonyl (C=O) groups is 1. The van der Waals surface area contributed by atoms with Crippen molar-refractivity contribution in [2.45, 2.75) is 25.8 Å². The summed E-state index contributed by atoms with van der Waals surface area (Å²) in [6.07, 6.45) is 6.96. The second-order valence-electron chi connectivity index (χ2n) is 5.21. The summed E-state index contributed by atoms with van der Waals surface area (Å²) in [7, 11) is 0. The third-order valence-electron chi connectivity index (χ3n) is 3.63. The number of aromatic amines is 2. The first-order valence-corrected chi connectivity index (χ1v) is 6.85. The molecule has 0 saturated carbocycles. The predicted octanol–water partition coefficient (Wildman–Crippen LogP) is 1.83. The van der Waals surface area contributed by atoms with E-state index in [4.69, 9.17) is 0 Å². The highest BCUT2D eigenvalue weighted by molar-refractivity contribution is 5.77. The van der Waals surface area contributed by atoms with Crippen molar-refractivity contribution in [3.63, 3.8) is 0 Å². The molecule has 0 unspecified atom stereocenters. The number of hydrogen-bond acceptors (Lipinski definition) is 2. The highest BCUT2D eigenvalue weighted by atomic mass is 16.1. The van der Waals surface area contributed by atoms with Crippen LogP contribution in [0.15, 0.2) is 35.1 Å². The van der Waals surface area contributed by atoms with Gasteiger partial charge in [-0.05, 0) is 36.5 Å². The number of rotatable bonds is 4. The predicted molar refractivity (Wildman–Crippen MR) is 77.2 cm³/mol. The van der Waals surface area contributed by atoms with Gasteiger partial charge in [0.1, 0.15) is 0 Å². The van der Waals surface area contributed by atoms with Crippen LogP contribution in [0.2, 0.25) is 0 Å². The number of fused-ring (bicyclic) bond motifs is 1. The van der Waals surface area contributed by atoms with Crippen molar-refractivity contribution in [3.05, 3.63) is 46.4 Å². The van der Waals surface area contributed by atoms with Crippen LogP contribution < -0.4 is 11.0 Å². The number of amides is 1. The second kappa shape index (κ2) is 5.36. The summed E-state index contributed by atoms with van der Waals surface area (Å²) in [5, 5.41) is 2.92. The van der Waals surface area contributed by atoms with Crippen LogP contribution in [0.25, 0.3) is 11.0 Å². The molecule has 1 aliphatic carbocycles. The molecule has 3 rings (SSSR count). The maximum atomic E-state index is 11.8. The van der Waals surface area contributed by atoms with Crippen LogP contribution in [0.1, 0.15) is 24.8 Å². The molecule has 0 aliphatic heterocycles. The van der Waals surface area contributed by atoms with Gasteiger partial charge in [0.25, 0.3) is 0 Å². The molecular weight excluding hydrogens is 254 g/mol. The van der Waals surface area contributed by atoms with E-state index in [9.17, 15) is 9.59 Å². The maximum absolute atomic E-state index is 11.8. The summed E-state index contributed by atoms with van der Waals surface area (Å²) >= 11 is 0. The molecule has 2 aromatic rings. The van der Waals surface area contributed by atoms with E-state index in [0.29, 0.717) is 18.9 Å². The Morgan fingerprint density at radius 2 is 2.15 bits per heavy atom. The number of benzene rings is 1. The maximum Gasteiger partial charge on any atom is 0.323 e. The van der Waals surface area contributed by atoms with Gasteiger partial charge in [0, 0.05) is 13.0 Å². The molecule has 3 N–H and O–H groups in total. The molecule has 5 nitrogen and oxygen atoms in total. The summed E-state index contributed by atoms with van der Waals surface area (Å²) in [5.41, 5.74) is 2.30. The average Bonchev–Trinajstić information content (AvgIpc) is 3.04. The molecule has 5 heteroatoms. The largest absolute Gasteiger partial charge is 0.352 e. The lowest BCUT2D eigenvalue weighted by molar-refractivity contribution is -0.121. The van der Waals surface area contributed by atoms with E-state index < -0.39 is 0 Å². The van der Waals surface area contributed by atoms with Crippen LogP contribution in [-0.4, -0.2) is 15.9 Å². The third-order valence-corrected chi connectivity index (χ3v) is 3.63. The smallest absolute Gasteiger partial charge is 0.323 e. The Labute approximate surface area is 116 Å². The molecule has 1 amide bonds. The van der Waals surface area contributed by atoms with Crippen LogP contribution in [0, 0.1) is 5.92 Å². The number of nitrogens with one attached hydrogen (secondary N) is 3. The van der Waals surface area contributed by atoms with E-state index in [1.165, 1.54) is 0 Å². The van der Waals surface area contributed by atoms with Crippen molar-refractivity contribution < 1.29 is 4.79 Å². The first-order chi connectivity index (χ1) is 9.70. The lowest BCUT2D eigenvalue weighted by Gasteiger charge is -2.08. The highest BCUT2D eigenvalue weighted by Gasteiger charge is 2.13. The van der Waals surface area contributed by atoms with Crippen molar-refractivity contribution in [1.82, 2.24) is 15.3 Å². The summed E-state index contributed by atoms with van der Waals surface area (Å²) < 4.78 is 0. The van der Waals surface area contributed by atoms with Crippen molar-refractivity contribution in [1.29, 1.82) is 0 Å². The number of carbonyl (C=O) groups excluding carboxylic acids is 1. The molecule has 1 aromatic carbocycles. The van der Waals surface area contributed by atoms with Gasteiger partial charge in [-0.1, -0.05) is 18.2 Å². The zero-order valence-electron chi connectivity index (χ0n) is 11.1. The standard InChI is InChI=1S/C15H17N3O2/c19-14(8-10-3-1-2-4-10)16-9-11-5-6-12-13(7-11)18-15(20)17-12/h1,3,5-7,10H,2,4,8-9H2,(H,16,19)(H2,17,18,20)/t10-/m0/s1. The molecule has 1 atom stereocenters. The van der Waals surface area contributed by atoms with Gasteiger partial charge in [-0.2, -0.15) is 0 Å². The number of H-pyrrole nitrogens is 2. The minimum absolute atomic E-state index is 0.0733. The van der Waals surface area contributed by atoms with Crippen LogP contribution in [-0.2, 0) is 11.3 Å². The lowest BCUT2D eigenvalue weighted by atomic mass is 10.1. The summed E-state index contributed by atoms with van der Waals surface area (Å²) in [6, 6.07) is 5.62. The molecule has 1 aliphatic rings. The fraction of sp³-hybridized carbons (Fsp3) is 0.333. The normalized spacial score (nSPS) is 17.7. The molecule has 0 fully saturated rings.